The molecule has 0 aromatic heterocycles. The first-order chi connectivity index (χ1) is 8.14. The average Bonchev–Trinajstić information content (AvgIpc) is 3.14. The van der Waals surface area contributed by atoms with Crippen molar-refractivity contribution >= 4 is 5.97 Å². The van der Waals surface area contributed by atoms with Crippen molar-refractivity contribution < 1.29 is 9.53 Å². The summed E-state index contributed by atoms with van der Waals surface area (Å²) in [6.45, 7) is 3.31. The molecule has 0 spiro atoms. The quantitative estimate of drug-likeness (QED) is 0.749. The first-order valence-electron chi connectivity index (χ1n) is 6.96. The van der Waals surface area contributed by atoms with Crippen LogP contribution in [-0.2, 0) is 9.53 Å². The Morgan fingerprint density at radius 2 is 2.00 bits per heavy atom. The number of hydrogen-bond acceptors (Lipinski definition) is 3. The summed E-state index contributed by atoms with van der Waals surface area (Å²) >= 11 is 0. The van der Waals surface area contributed by atoms with Gasteiger partial charge in [0.25, 0.3) is 0 Å². The fourth-order valence-corrected chi connectivity index (χ4v) is 2.94. The fourth-order valence-electron chi connectivity index (χ4n) is 2.94. The van der Waals surface area contributed by atoms with Gasteiger partial charge < -0.3 is 10.1 Å². The molecule has 98 valence electrons. The van der Waals surface area contributed by atoms with Crippen LogP contribution in [0.2, 0.25) is 0 Å². The number of hydrogen-bond donors (Lipinski definition) is 1. The Bertz CT molecular complexity index is 267. The van der Waals surface area contributed by atoms with E-state index < -0.39 is 0 Å². The van der Waals surface area contributed by atoms with Gasteiger partial charge in [0.15, 0.2) is 0 Å². The van der Waals surface area contributed by atoms with E-state index in [1.807, 2.05) is 0 Å². The van der Waals surface area contributed by atoms with Gasteiger partial charge in [-0.15, -0.1) is 0 Å². The van der Waals surface area contributed by atoms with Gasteiger partial charge in [-0.2, -0.15) is 0 Å². The second-order valence-electron chi connectivity index (χ2n) is 6.09. The van der Waals surface area contributed by atoms with Gasteiger partial charge in [-0.1, -0.05) is 26.2 Å². The molecule has 0 aliphatic heterocycles. The van der Waals surface area contributed by atoms with Gasteiger partial charge in [-0.05, 0) is 37.0 Å². The standard InChI is InChI=1S/C14H25NO2/c1-14(8-4-3-5-9-14)10-15-12(11-6-7-11)13(16)17-2/h11-12,15H,3-10H2,1-2H3. The molecule has 2 saturated carbocycles. The van der Waals surface area contributed by atoms with Crippen LogP contribution < -0.4 is 5.32 Å². The van der Waals surface area contributed by atoms with Crippen molar-refractivity contribution in [3.05, 3.63) is 0 Å². The molecule has 3 nitrogen and oxygen atoms in total. The van der Waals surface area contributed by atoms with Crippen molar-refractivity contribution in [2.75, 3.05) is 13.7 Å². The molecular weight excluding hydrogens is 214 g/mol. The topological polar surface area (TPSA) is 38.3 Å². The third-order valence-corrected chi connectivity index (χ3v) is 4.36. The average molecular weight is 239 g/mol. The van der Waals surface area contributed by atoms with E-state index in [0.29, 0.717) is 11.3 Å². The summed E-state index contributed by atoms with van der Waals surface area (Å²) < 4.78 is 4.89. The minimum Gasteiger partial charge on any atom is -0.468 e. The summed E-state index contributed by atoms with van der Waals surface area (Å²) in [4.78, 5) is 11.7. The predicted molar refractivity (Wildman–Crippen MR) is 67.7 cm³/mol. The molecular formula is C14H25NO2. The van der Waals surface area contributed by atoms with Gasteiger partial charge >= 0.3 is 5.97 Å². The monoisotopic (exact) mass is 239 g/mol. The minimum atomic E-state index is -0.0769. The van der Waals surface area contributed by atoms with Crippen LogP contribution >= 0.6 is 0 Å². The van der Waals surface area contributed by atoms with Crippen molar-refractivity contribution in [2.45, 2.75) is 57.9 Å². The summed E-state index contributed by atoms with van der Waals surface area (Å²) in [7, 11) is 1.49. The lowest BCUT2D eigenvalue weighted by atomic mass is 9.75. The van der Waals surface area contributed by atoms with Crippen molar-refractivity contribution in [1.29, 1.82) is 0 Å². The molecule has 1 atom stereocenters. The maximum absolute atomic E-state index is 11.7. The van der Waals surface area contributed by atoms with Crippen molar-refractivity contribution in [3.63, 3.8) is 0 Å². The van der Waals surface area contributed by atoms with Crippen LogP contribution in [0, 0.1) is 11.3 Å². The highest BCUT2D eigenvalue weighted by Gasteiger charge is 2.38. The van der Waals surface area contributed by atoms with Crippen molar-refractivity contribution in [3.8, 4) is 0 Å². The molecule has 0 heterocycles. The molecule has 0 saturated heterocycles. The van der Waals surface area contributed by atoms with Crippen molar-refractivity contribution in [2.24, 2.45) is 11.3 Å². The number of carbonyl (C=O) groups excluding carboxylic acids is 1. The lowest BCUT2D eigenvalue weighted by Crippen LogP contribution is -2.45. The molecule has 1 unspecified atom stereocenters. The van der Waals surface area contributed by atoms with E-state index in [1.54, 1.807) is 0 Å². The molecule has 17 heavy (non-hydrogen) atoms. The number of carbonyl (C=O) groups is 1. The summed E-state index contributed by atoms with van der Waals surface area (Å²) in [6, 6.07) is -0.0567. The first kappa shape index (κ1) is 12.9. The Morgan fingerprint density at radius 1 is 1.35 bits per heavy atom. The van der Waals surface area contributed by atoms with Crippen LogP contribution in [0.15, 0.2) is 0 Å². The van der Waals surface area contributed by atoms with Gasteiger partial charge in [0.1, 0.15) is 6.04 Å². The number of ether oxygens (including phenoxy) is 1. The van der Waals surface area contributed by atoms with Crippen LogP contribution in [0.3, 0.4) is 0 Å². The Kier molecular flexibility index (Phi) is 4.08. The summed E-state index contributed by atoms with van der Waals surface area (Å²) in [5.41, 5.74) is 0.388. The number of rotatable bonds is 5. The van der Waals surface area contributed by atoms with E-state index >= 15 is 0 Å². The summed E-state index contributed by atoms with van der Waals surface area (Å²) in [6.07, 6.45) is 8.97. The number of nitrogens with one attached hydrogen (secondary N) is 1. The minimum absolute atomic E-state index is 0.0567. The zero-order valence-electron chi connectivity index (χ0n) is 11.1. The molecule has 2 rings (SSSR count). The molecule has 0 bridgehead atoms. The van der Waals surface area contributed by atoms with Gasteiger partial charge in [0, 0.05) is 6.54 Å². The highest BCUT2D eigenvalue weighted by atomic mass is 16.5. The third-order valence-electron chi connectivity index (χ3n) is 4.36. The number of esters is 1. The lowest BCUT2D eigenvalue weighted by Gasteiger charge is -2.35. The second-order valence-corrected chi connectivity index (χ2v) is 6.09. The fraction of sp³-hybridized carbons (Fsp3) is 0.929. The van der Waals surface area contributed by atoms with Crippen LogP contribution in [0.1, 0.15) is 51.9 Å². The predicted octanol–water partition coefficient (Wildman–Crippen LogP) is 2.50. The van der Waals surface area contributed by atoms with Gasteiger partial charge in [-0.3, -0.25) is 4.79 Å². The molecule has 2 fully saturated rings. The van der Waals surface area contributed by atoms with Gasteiger partial charge in [0.05, 0.1) is 7.11 Å². The SMILES string of the molecule is COC(=O)C(NCC1(C)CCCCC1)C1CC1. The van der Waals surface area contributed by atoms with E-state index in [9.17, 15) is 4.79 Å². The Balaban J connectivity index is 1.83. The van der Waals surface area contributed by atoms with Gasteiger partial charge in [0.2, 0.25) is 0 Å². The second kappa shape index (κ2) is 5.38. The summed E-state index contributed by atoms with van der Waals surface area (Å²) in [5.74, 6) is 0.446. The van der Waals surface area contributed by atoms with Crippen LogP contribution in [0.5, 0.6) is 0 Å². The first-order valence-corrected chi connectivity index (χ1v) is 6.96. The van der Waals surface area contributed by atoms with E-state index in [2.05, 4.69) is 12.2 Å². The maximum atomic E-state index is 11.7. The molecule has 2 aliphatic rings. The zero-order chi connectivity index (χ0) is 12.3. The molecule has 1 N–H and O–H groups in total. The van der Waals surface area contributed by atoms with E-state index in [4.69, 9.17) is 4.74 Å². The molecule has 3 heteroatoms. The smallest absolute Gasteiger partial charge is 0.323 e. The van der Waals surface area contributed by atoms with Crippen LogP contribution in [-0.4, -0.2) is 25.7 Å². The van der Waals surface area contributed by atoms with Crippen LogP contribution in [0.4, 0.5) is 0 Å². The zero-order valence-corrected chi connectivity index (χ0v) is 11.1. The van der Waals surface area contributed by atoms with Crippen molar-refractivity contribution in [1.82, 2.24) is 5.32 Å². The Labute approximate surface area is 104 Å². The van der Waals surface area contributed by atoms with E-state index in [0.717, 1.165) is 6.54 Å². The molecule has 0 aromatic carbocycles. The highest BCUT2D eigenvalue weighted by molar-refractivity contribution is 5.76. The number of methoxy groups -OCH3 is 1. The lowest BCUT2D eigenvalue weighted by molar-refractivity contribution is -0.143. The molecule has 0 amide bonds. The summed E-state index contributed by atoms with van der Waals surface area (Å²) in [5, 5.41) is 3.47. The van der Waals surface area contributed by atoms with Crippen LogP contribution in [0.25, 0.3) is 0 Å². The normalized spacial score (nSPS) is 25.3. The Hall–Kier alpha value is -0.570. The molecule has 2 aliphatic carbocycles. The molecule has 0 radical (unpaired) electrons. The largest absolute Gasteiger partial charge is 0.468 e. The third kappa shape index (κ3) is 3.44. The Morgan fingerprint density at radius 3 is 2.53 bits per heavy atom. The highest BCUT2D eigenvalue weighted by Crippen LogP contribution is 2.37. The van der Waals surface area contributed by atoms with E-state index in [-0.39, 0.29) is 12.0 Å². The van der Waals surface area contributed by atoms with Gasteiger partial charge in [-0.25, -0.2) is 0 Å². The molecule has 0 aromatic rings. The van der Waals surface area contributed by atoms with E-state index in [1.165, 1.54) is 52.1 Å². The maximum Gasteiger partial charge on any atom is 0.323 e.